The molecule has 4 rings (SSSR count). The Balaban J connectivity index is 1.80. The van der Waals surface area contributed by atoms with Crippen molar-refractivity contribution in [3.05, 3.63) is 65.0 Å². The first kappa shape index (κ1) is 23.4. The molecular formula is C23H21ClF2N6O2. The third kappa shape index (κ3) is 3.79. The van der Waals surface area contributed by atoms with Crippen LogP contribution in [0.2, 0.25) is 5.02 Å². The van der Waals surface area contributed by atoms with Crippen LogP contribution < -0.4 is 15.8 Å². The molecule has 0 bridgehead atoms. The minimum Gasteiger partial charge on any atom is -0.485 e. The fourth-order valence-electron chi connectivity index (χ4n) is 3.76. The van der Waals surface area contributed by atoms with Gasteiger partial charge in [0.1, 0.15) is 29.8 Å². The standard InChI is InChI=1S/C23H21ClF2N6O2/c1-5-6-14(26)12(8-25)10-34-15-7-13(24)9-32-17(11(2)28-21(15)32)20-29-18(27)16-19(30-20)31-22(33)23(16,3)4/h5-9H,1,10H2,2-4H3,(H3,27,29,30,31,33). The van der Waals surface area contributed by atoms with Crippen LogP contribution in [0.25, 0.3) is 17.2 Å². The largest absolute Gasteiger partial charge is 0.485 e. The topological polar surface area (TPSA) is 107 Å². The molecule has 0 unspecified atom stereocenters. The van der Waals surface area contributed by atoms with E-state index < -0.39 is 17.8 Å². The molecule has 8 nitrogen and oxygen atoms in total. The van der Waals surface area contributed by atoms with E-state index in [-0.39, 0.29) is 40.2 Å². The molecule has 0 aliphatic carbocycles. The van der Waals surface area contributed by atoms with Crippen LogP contribution in [0.15, 0.2) is 48.7 Å². The first-order valence-corrected chi connectivity index (χ1v) is 10.5. The Morgan fingerprint density at radius 2 is 2.12 bits per heavy atom. The lowest BCUT2D eigenvalue weighted by Gasteiger charge is -2.16. The van der Waals surface area contributed by atoms with Crippen LogP contribution in [-0.2, 0) is 10.2 Å². The molecule has 0 radical (unpaired) electrons. The van der Waals surface area contributed by atoms with Crippen LogP contribution in [0.4, 0.5) is 20.4 Å². The van der Waals surface area contributed by atoms with E-state index in [1.165, 1.54) is 12.1 Å². The van der Waals surface area contributed by atoms with E-state index in [0.29, 0.717) is 28.4 Å². The number of pyridine rings is 1. The smallest absolute Gasteiger partial charge is 0.235 e. The van der Waals surface area contributed by atoms with Gasteiger partial charge in [-0.25, -0.2) is 23.7 Å². The SMILES string of the molecule is C=CC=C(F)C(=CF)COc1cc(Cl)cn2c(-c3nc(N)c4c(n3)NC(=O)C4(C)C)c(C)nc12. The van der Waals surface area contributed by atoms with Gasteiger partial charge in [0.2, 0.25) is 5.91 Å². The molecule has 4 heterocycles. The predicted molar refractivity (Wildman–Crippen MR) is 126 cm³/mol. The molecular weight excluding hydrogens is 466 g/mol. The number of nitrogen functional groups attached to an aromatic ring is 1. The van der Waals surface area contributed by atoms with Crippen molar-refractivity contribution in [2.75, 3.05) is 17.7 Å². The molecule has 1 aliphatic rings. The minimum atomic E-state index is -0.867. The average molecular weight is 487 g/mol. The summed E-state index contributed by atoms with van der Waals surface area (Å²) in [4.78, 5) is 25.8. The highest BCUT2D eigenvalue weighted by molar-refractivity contribution is 6.30. The molecule has 1 aliphatic heterocycles. The molecule has 11 heteroatoms. The van der Waals surface area contributed by atoms with Crippen LogP contribution in [-0.4, -0.2) is 31.9 Å². The van der Waals surface area contributed by atoms with Gasteiger partial charge in [-0.05, 0) is 26.8 Å². The highest BCUT2D eigenvalue weighted by Gasteiger charge is 2.42. The first-order valence-electron chi connectivity index (χ1n) is 10.2. The molecule has 0 spiro atoms. The average Bonchev–Trinajstić information content (AvgIpc) is 3.20. The zero-order chi connectivity index (χ0) is 24.8. The van der Waals surface area contributed by atoms with Gasteiger partial charge in [0, 0.05) is 12.3 Å². The molecule has 3 aromatic heterocycles. The Morgan fingerprint density at radius 3 is 2.79 bits per heavy atom. The molecule has 3 N–H and O–H groups in total. The van der Waals surface area contributed by atoms with Gasteiger partial charge in [-0.2, -0.15) is 0 Å². The second kappa shape index (κ2) is 8.53. The number of amides is 1. The van der Waals surface area contributed by atoms with Crippen LogP contribution in [0.3, 0.4) is 0 Å². The maximum atomic E-state index is 14.0. The summed E-state index contributed by atoms with van der Waals surface area (Å²) in [7, 11) is 0. The number of hydrogen-bond acceptors (Lipinski definition) is 6. The summed E-state index contributed by atoms with van der Waals surface area (Å²) in [6.45, 7) is 8.19. The Morgan fingerprint density at radius 1 is 1.38 bits per heavy atom. The number of halogens is 3. The summed E-state index contributed by atoms with van der Waals surface area (Å²) in [6, 6.07) is 1.48. The number of anilines is 2. The van der Waals surface area contributed by atoms with Gasteiger partial charge < -0.3 is 15.8 Å². The fraction of sp³-hybridized carbons (Fsp3) is 0.217. The van der Waals surface area contributed by atoms with Gasteiger partial charge in [0.25, 0.3) is 0 Å². The summed E-state index contributed by atoms with van der Waals surface area (Å²) >= 11 is 6.30. The van der Waals surface area contributed by atoms with E-state index >= 15 is 0 Å². The fourth-order valence-corrected chi connectivity index (χ4v) is 3.95. The number of nitrogens with one attached hydrogen (secondary N) is 1. The maximum absolute atomic E-state index is 14.0. The predicted octanol–water partition coefficient (Wildman–Crippen LogP) is 4.84. The molecule has 1 amide bonds. The van der Waals surface area contributed by atoms with Crippen molar-refractivity contribution in [3.8, 4) is 17.3 Å². The number of hydrogen-bond donors (Lipinski definition) is 2. The number of imidazole rings is 1. The van der Waals surface area contributed by atoms with E-state index in [4.69, 9.17) is 22.1 Å². The van der Waals surface area contributed by atoms with Gasteiger partial charge in [0.15, 0.2) is 17.2 Å². The van der Waals surface area contributed by atoms with Crippen LogP contribution in [0, 0.1) is 6.92 Å². The Labute approximate surface area is 198 Å². The van der Waals surface area contributed by atoms with Gasteiger partial charge in [0.05, 0.1) is 33.6 Å². The maximum Gasteiger partial charge on any atom is 0.235 e. The zero-order valence-corrected chi connectivity index (χ0v) is 19.4. The van der Waals surface area contributed by atoms with Crippen molar-refractivity contribution in [1.29, 1.82) is 0 Å². The van der Waals surface area contributed by atoms with Crippen molar-refractivity contribution in [3.63, 3.8) is 0 Å². The lowest BCUT2D eigenvalue weighted by Crippen LogP contribution is -2.27. The lowest BCUT2D eigenvalue weighted by atomic mass is 9.87. The third-order valence-electron chi connectivity index (χ3n) is 5.49. The summed E-state index contributed by atoms with van der Waals surface area (Å²) in [5.41, 5.74) is 6.87. The van der Waals surface area contributed by atoms with E-state index in [9.17, 15) is 13.6 Å². The van der Waals surface area contributed by atoms with Crippen LogP contribution in [0.5, 0.6) is 5.75 Å². The molecule has 34 heavy (non-hydrogen) atoms. The second-order valence-corrected chi connectivity index (χ2v) is 8.61. The number of ether oxygens (including phenoxy) is 1. The first-order chi connectivity index (χ1) is 16.1. The lowest BCUT2D eigenvalue weighted by molar-refractivity contribution is -0.119. The quantitative estimate of drug-likeness (QED) is 0.483. The number of nitrogens with zero attached hydrogens (tertiary/aromatic N) is 4. The van der Waals surface area contributed by atoms with Gasteiger partial charge in [-0.3, -0.25) is 9.20 Å². The molecule has 176 valence electrons. The molecule has 0 atom stereocenters. The number of allylic oxidation sites excluding steroid dienone is 2. The minimum absolute atomic E-state index is 0.121. The summed E-state index contributed by atoms with van der Waals surface area (Å²) < 4.78 is 34.4. The number of aromatic nitrogens is 4. The Kier molecular flexibility index (Phi) is 5.86. The number of fused-ring (bicyclic) bond motifs is 2. The second-order valence-electron chi connectivity index (χ2n) is 8.17. The van der Waals surface area contributed by atoms with E-state index in [2.05, 4.69) is 26.8 Å². The van der Waals surface area contributed by atoms with Gasteiger partial charge >= 0.3 is 0 Å². The highest BCUT2D eigenvalue weighted by atomic mass is 35.5. The van der Waals surface area contributed by atoms with E-state index in [1.807, 2.05) is 0 Å². The van der Waals surface area contributed by atoms with Crippen LogP contribution in [0.1, 0.15) is 25.1 Å². The zero-order valence-electron chi connectivity index (χ0n) is 18.6. The number of rotatable bonds is 6. The van der Waals surface area contributed by atoms with Crippen LogP contribution >= 0.6 is 11.6 Å². The number of nitrogens with two attached hydrogens (primary N) is 1. The van der Waals surface area contributed by atoms with Crippen molar-refractivity contribution in [1.82, 2.24) is 19.4 Å². The molecule has 0 saturated carbocycles. The summed E-state index contributed by atoms with van der Waals surface area (Å²) in [5.74, 6) is -0.148. The number of carbonyl (C=O) groups excluding carboxylic acids is 1. The van der Waals surface area contributed by atoms with Crippen molar-refractivity contribution < 1.29 is 18.3 Å². The normalized spacial score (nSPS) is 15.4. The Bertz CT molecular complexity index is 1410. The molecule has 0 saturated heterocycles. The summed E-state index contributed by atoms with van der Waals surface area (Å²) in [6.07, 6.45) is 3.93. The number of carbonyl (C=O) groups is 1. The van der Waals surface area contributed by atoms with Crippen molar-refractivity contribution in [2.45, 2.75) is 26.2 Å². The van der Waals surface area contributed by atoms with Crippen molar-refractivity contribution >= 4 is 34.8 Å². The van der Waals surface area contributed by atoms with Gasteiger partial charge in [-0.15, -0.1) is 0 Å². The molecule has 0 fully saturated rings. The third-order valence-corrected chi connectivity index (χ3v) is 5.69. The van der Waals surface area contributed by atoms with Gasteiger partial charge in [-0.1, -0.05) is 24.3 Å². The molecule has 3 aromatic rings. The number of aryl methyl sites for hydroxylation is 1. The van der Waals surface area contributed by atoms with Crippen molar-refractivity contribution in [2.24, 2.45) is 0 Å². The summed E-state index contributed by atoms with van der Waals surface area (Å²) in [5, 5.41) is 3.02. The monoisotopic (exact) mass is 486 g/mol. The Hall–Kier alpha value is -3.79. The van der Waals surface area contributed by atoms with E-state index in [0.717, 1.165) is 6.08 Å². The highest BCUT2D eigenvalue weighted by Crippen LogP contribution is 2.41. The van der Waals surface area contributed by atoms with E-state index in [1.54, 1.807) is 31.4 Å². The molecule has 0 aromatic carbocycles.